The van der Waals surface area contributed by atoms with Crippen LogP contribution in [0.3, 0.4) is 0 Å². The first-order valence-corrected chi connectivity index (χ1v) is 8.75. The number of benzene rings is 1. The third kappa shape index (κ3) is 4.40. The molecule has 3 rings (SSSR count). The summed E-state index contributed by atoms with van der Waals surface area (Å²) in [5.41, 5.74) is 6.99. The molecule has 0 spiro atoms. The maximum absolute atomic E-state index is 12.9. The zero-order valence-corrected chi connectivity index (χ0v) is 15.1. The molecule has 8 nitrogen and oxygen atoms in total. The second-order valence-corrected chi connectivity index (χ2v) is 6.61. The molecule has 3 N–H and O–H groups in total. The lowest BCUT2D eigenvalue weighted by Gasteiger charge is -2.17. The van der Waals surface area contributed by atoms with E-state index in [1.807, 2.05) is 30.3 Å². The molecule has 2 atom stereocenters. The Morgan fingerprint density at radius 3 is 2.70 bits per heavy atom. The third-order valence-corrected chi connectivity index (χ3v) is 4.57. The highest BCUT2D eigenvalue weighted by molar-refractivity contribution is 6.38. The third-order valence-electron chi connectivity index (χ3n) is 4.57. The zero-order valence-electron chi connectivity index (χ0n) is 15.1. The van der Waals surface area contributed by atoms with Crippen LogP contribution < -0.4 is 11.1 Å². The van der Waals surface area contributed by atoms with Crippen molar-refractivity contribution < 1.29 is 19.1 Å². The zero-order chi connectivity index (χ0) is 19.4. The van der Waals surface area contributed by atoms with Crippen LogP contribution in [0, 0.1) is 0 Å². The number of aryl methyl sites for hydroxylation is 1. The normalized spacial score (nSPS) is 17.4. The number of rotatable bonds is 7. The van der Waals surface area contributed by atoms with Gasteiger partial charge in [0.1, 0.15) is 6.04 Å². The minimum absolute atomic E-state index is 0.0337. The number of ether oxygens (including phenoxy) is 1. The quantitative estimate of drug-likeness (QED) is 0.681. The largest absolute Gasteiger partial charge is 0.381 e. The van der Waals surface area contributed by atoms with Gasteiger partial charge in [0.15, 0.2) is 0 Å². The van der Waals surface area contributed by atoms with Gasteiger partial charge in [-0.2, -0.15) is 5.10 Å². The molecule has 1 aromatic heterocycles. The van der Waals surface area contributed by atoms with Gasteiger partial charge in [-0.25, -0.2) is 0 Å². The van der Waals surface area contributed by atoms with E-state index in [-0.39, 0.29) is 12.3 Å². The van der Waals surface area contributed by atoms with Crippen molar-refractivity contribution in [1.82, 2.24) is 15.1 Å². The van der Waals surface area contributed by atoms with Crippen LogP contribution >= 0.6 is 0 Å². The number of nitrogens with two attached hydrogens (primary N) is 1. The second-order valence-electron chi connectivity index (χ2n) is 6.61. The monoisotopic (exact) mass is 370 g/mol. The number of nitrogens with one attached hydrogen (secondary N) is 1. The summed E-state index contributed by atoms with van der Waals surface area (Å²) in [5, 5.41) is 7.04. The van der Waals surface area contributed by atoms with E-state index in [0.717, 1.165) is 12.0 Å². The van der Waals surface area contributed by atoms with E-state index in [1.165, 1.54) is 0 Å². The molecule has 0 radical (unpaired) electrons. The molecule has 1 fully saturated rings. The Morgan fingerprint density at radius 2 is 2.07 bits per heavy atom. The number of carbonyl (C=O) groups is 3. The summed E-state index contributed by atoms with van der Waals surface area (Å²) in [7, 11) is 1.73. The van der Waals surface area contributed by atoms with Crippen LogP contribution in [0.2, 0.25) is 0 Å². The average molecular weight is 370 g/mol. The van der Waals surface area contributed by atoms with Gasteiger partial charge in [-0.05, 0) is 12.0 Å². The maximum atomic E-state index is 12.9. The molecule has 2 heterocycles. The summed E-state index contributed by atoms with van der Waals surface area (Å²) in [4.78, 5) is 36.5. The van der Waals surface area contributed by atoms with E-state index in [2.05, 4.69) is 10.4 Å². The summed E-state index contributed by atoms with van der Waals surface area (Å²) >= 11 is 0. The predicted molar refractivity (Wildman–Crippen MR) is 97.0 cm³/mol. The number of amides is 2. The van der Waals surface area contributed by atoms with Crippen molar-refractivity contribution >= 4 is 17.6 Å². The van der Waals surface area contributed by atoms with Gasteiger partial charge >= 0.3 is 0 Å². The Bertz CT molecular complexity index is 841. The van der Waals surface area contributed by atoms with E-state index < -0.39 is 23.6 Å². The maximum Gasteiger partial charge on any atom is 0.287 e. The minimum atomic E-state index is -1.08. The summed E-state index contributed by atoms with van der Waals surface area (Å²) in [6, 6.07) is 8.09. The van der Waals surface area contributed by atoms with Crippen LogP contribution in [0.15, 0.2) is 36.5 Å². The smallest absolute Gasteiger partial charge is 0.287 e. The molecule has 27 heavy (non-hydrogen) atoms. The number of hydrogen-bond donors (Lipinski definition) is 2. The number of carbonyl (C=O) groups excluding carboxylic acids is 3. The molecule has 142 valence electrons. The molecule has 8 heteroatoms. The van der Waals surface area contributed by atoms with Crippen molar-refractivity contribution in [2.45, 2.75) is 24.8 Å². The fourth-order valence-electron chi connectivity index (χ4n) is 3.20. The number of primary amides is 1. The summed E-state index contributed by atoms with van der Waals surface area (Å²) < 4.78 is 6.95. The molecule has 1 aromatic carbocycles. The summed E-state index contributed by atoms with van der Waals surface area (Å²) in [6.45, 7) is 1.13. The van der Waals surface area contributed by atoms with Crippen LogP contribution in [0.4, 0.5) is 0 Å². The van der Waals surface area contributed by atoms with Gasteiger partial charge in [0.05, 0.1) is 17.9 Å². The summed E-state index contributed by atoms with van der Waals surface area (Å²) in [6.07, 6.45) is 2.57. The van der Waals surface area contributed by atoms with Gasteiger partial charge in [0.25, 0.3) is 11.8 Å². The van der Waals surface area contributed by atoms with Gasteiger partial charge in [-0.15, -0.1) is 0 Å². The van der Waals surface area contributed by atoms with E-state index in [0.29, 0.717) is 24.5 Å². The van der Waals surface area contributed by atoms with Gasteiger partial charge < -0.3 is 15.8 Å². The van der Waals surface area contributed by atoms with Crippen LogP contribution in [-0.4, -0.2) is 46.6 Å². The Balaban J connectivity index is 1.82. The van der Waals surface area contributed by atoms with E-state index in [1.54, 1.807) is 17.9 Å². The molecule has 1 saturated heterocycles. The first kappa shape index (κ1) is 18.8. The van der Waals surface area contributed by atoms with Crippen molar-refractivity contribution in [2.75, 3.05) is 13.2 Å². The van der Waals surface area contributed by atoms with E-state index >= 15 is 0 Å². The van der Waals surface area contributed by atoms with Crippen molar-refractivity contribution in [2.24, 2.45) is 12.8 Å². The molecule has 0 saturated carbocycles. The molecule has 2 amide bonds. The lowest BCUT2D eigenvalue weighted by Crippen LogP contribution is -2.47. The van der Waals surface area contributed by atoms with Crippen LogP contribution in [-0.2, 0) is 27.8 Å². The van der Waals surface area contributed by atoms with E-state index in [4.69, 9.17) is 10.5 Å². The van der Waals surface area contributed by atoms with Gasteiger partial charge in [-0.1, -0.05) is 30.3 Å². The SMILES string of the molecule is Cn1cc(C(=O)NC(Cc2ccccc2)C(=O)C(N)=O)c(C2CCOC2)n1. The molecule has 0 bridgehead atoms. The number of hydrogen-bond acceptors (Lipinski definition) is 5. The lowest BCUT2D eigenvalue weighted by molar-refractivity contribution is -0.137. The van der Waals surface area contributed by atoms with Gasteiger partial charge in [-0.3, -0.25) is 19.1 Å². The number of aromatic nitrogens is 2. The Hall–Kier alpha value is -3.00. The lowest BCUT2D eigenvalue weighted by atomic mass is 9.99. The molecule has 0 aliphatic carbocycles. The molecular formula is C19H22N4O4. The first-order valence-electron chi connectivity index (χ1n) is 8.75. The van der Waals surface area contributed by atoms with Crippen LogP contribution in [0.25, 0.3) is 0 Å². The topological polar surface area (TPSA) is 116 Å². The van der Waals surface area contributed by atoms with Gasteiger partial charge in [0, 0.05) is 32.2 Å². The number of nitrogens with zero attached hydrogens (tertiary/aromatic N) is 2. The molecule has 1 aliphatic rings. The van der Waals surface area contributed by atoms with Crippen molar-refractivity contribution in [3.63, 3.8) is 0 Å². The Morgan fingerprint density at radius 1 is 1.33 bits per heavy atom. The Labute approximate surface area is 156 Å². The Kier molecular flexibility index (Phi) is 5.66. The number of ketones is 1. The predicted octanol–water partition coefficient (Wildman–Crippen LogP) is 0.319. The summed E-state index contributed by atoms with van der Waals surface area (Å²) in [5.74, 6) is -2.33. The highest BCUT2D eigenvalue weighted by Crippen LogP contribution is 2.26. The molecular weight excluding hydrogens is 348 g/mol. The minimum Gasteiger partial charge on any atom is -0.381 e. The van der Waals surface area contributed by atoms with Crippen molar-refractivity contribution in [3.8, 4) is 0 Å². The van der Waals surface area contributed by atoms with Crippen LogP contribution in [0.1, 0.15) is 34.0 Å². The van der Waals surface area contributed by atoms with E-state index in [9.17, 15) is 14.4 Å². The van der Waals surface area contributed by atoms with Gasteiger partial charge in [0.2, 0.25) is 5.78 Å². The highest BCUT2D eigenvalue weighted by Gasteiger charge is 2.30. The second kappa shape index (κ2) is 8.13. The number of Topliss-reactive ketones (excluding diaryl/α,β-unsaturated/α-hetero) is 1. The van der Waals surface area contributed by atoms with Crippen LogP contribution in [0.5, 0.6) is 0 Å². The average Bonchev–Trinajstić information content (AvgIpc) is 3.30. The molecule has 2 unspecified atom stereocenters. The highest BCUT2D eigenvalue weighted by atomic mass is 16.5. The standard InChI is InChI=1S/C19H22N4O4/c1-23-10-14(16(22-23)13-7-8-27-11-13)19(26)21-15(17(24)18(20)25)9-12-5-3-2-4-6-12/h2-6,10,13,15H,7-9,11H2,1H3,(H2,20,25)(H,21,26). The van der Waals surface area contributed by atoms with Crippen molar-refractivity contribution in [1.29, 1.82) is 0 Å². The molecule has 1 aliphatic heterocycles. The fourth-order valence-corrected chi connectivity index (χ4v) is 3.20. The first-order chi connectivity index (χ1) is 13.0. The fraction of sp³-hybridized carbons (Fsp3) is 0.368. The van der Waals surface area contributed by atoms with Crippen molar-refractivity contribution in [3.05, 3.63) is 53.3 Å². The molecule has 2 aromatic rings.